The van der Waals surface area contributed by atoms with Crippen LogP contribution in [-0.4, -0.2) is 62.1 Å². The van der Waals surface area contributed by atoms with Gasteiger partial charge in [-0.3, -0.25) is 4.57 Å². The fraction of sp³-hybridized carbons (Fsp3) is 0.526. The normalized spacial score (nSPS) is 17.7. The molecule has 2 N–H and O–H groups in total. The monoisotopic (exact) mass is 477 g/mol. The van der Waals surface area contributed by atoms with Crippen molar-refractivity contribution < 1.29 is 27.9 Å². The summed E-state index contributed by atoms with van der Waals surface area (Å²) >= 11 is 5.93. The van der Waals surface area contributed by atoms with Gasteiger partial charge in [-0.1, -0.05) is 0 Å². The van der Waals surface area contributed by atoms with E-state index in [9.17, 15) is 28.4 Å². The molecule has 3 rings (SSSR count). The number of ether oxygens (including phenoxy) is 1. The van der Waals surface area contributed by atoms with Crippen LogP contribution in [0.3, 0.4) is 0 Å². The van der Waals surface area contributed by atoms with Gasteiger partial charge in [0, 0.05) is 31.4 Å². The zero-order valence-electron chi connectivity index (χ0n) is 17.2. The fourth-order valence-electron chi connectivity index (χ4n) is 3.70. The molecule has 176 valence electrons. The van der Waals surface area contributed by atoms with Crippen molar-refractivity contribution >= 4 is 23.1 Å². The Morgan fingerprint density at radius 2 is 1.91 bits per heavy atom. The van der Waals surface area contributed by atoms with Crippen molar-refractivity contribution in [2.24, 2.45) is 0 Å². The summed E-state index contributed by atoms with van der Waals surface area (Å²) < 4.78 is 41.9. The van der Waals surface area contributed by atoms with Gasteiger partial charge < -0.3 is 30.2 Å². The molecule has 2 heterocycles. The lowest BCUT2D eigenvalue weighted by atomic mass is 10.0. The molecule has 2 aromatic rings. The van der Waals surface area contributed by atoms with Gasteiger partial charge in [0.2, 0.25) is 0 Å². The molecule has 1 unspecified atom stereocenters. The first-order valence-electron chi connectivity index (χ1n) is 9.84. The number of anilines is 1. The van der Waals surface area contributed by atoms with Crippen molar-refractivity contribution in [3.63, 3.8) is 0 Å². The summed E-state index contributed by atoms with van der Waals surface area (Å²) in [5.41, 5.74) is -0.492. The molecule has 1 aromatic heterocycles. The molecule has 32 heavy (non-hydrogen) atoms. The zero-order chi connectivity index (χ0) is 23.5. The molecule has 0 radical (unpaired) electrons. The highest BCUT2D eigenvalue weighted by Crippen LogP contribution is 2.26. The second kappa shape index (κ2) is 9.51. The van der Waals surface area contributed by atoms with E-state index in [4.69, 9.17) is 11.6 Å². The lowest BCUT2D eigenvalue weighted by molar-refractivity contribution is -0.389. The Hall–Kier alpha value is -2.57. The third-order valence-corrected chi connectivity index (χ3v) is 5.33. The lowest BCUT2D eigenvalue weighted by Gasteiger charge is -2.37. The molecular formula is C19H23ClF3N5O4. The van der Waals surface area contributed by atoms with E-state index in [-0.39, 0.29) is 29.4 Å². The van der Waals surface area contributed by atoms with Gasteiger partial charge in [-0.25, -0.2) is 0 Å². The predicted octanol–water partition coefficient (Wildman–Crippen LogP) is 3.67. The summed E-state index contributed by atoms with van der Waals surface area (Å²) in [4.78, 5) is 15.9. The molecule has 1 saturated heterocycles. The summed E-state index contributed by atoms with van der Waals surface area (Å²) in [6, 6.07) is 5.72. The van der Waals surface area contributed by atoms with E-state index < -0.39 is 16.9 Å². The molecule has 13 heteroatoms. The Morgan fingerprint density at radius 1 is 1.28 bits per heavy atom. The largest absolute Gasteiger partial charge is 0.573 e. The molecule has 9 nitrogen and oxygen atoms in total. The minimum atomic E-state index is -4.72. The van der Waals surface area contributed by atoms with Crippen LogP contribution in [0.1, 0.15) is 19.8 Å². The summed E-state index contributed by atoms with van der Waals surface area (Å²) in [7, 11) is 0. The van der Waals surface area contributed by atoms with Crippen LogP contribution < -0.4 is 10.1 Å². The number of nitro groups is 1. The van der Waals surface area contributed by atoms with Gasteiger partial charge in [0.25, 0.3) is 0 Å². The second-order valence-electron chi connectivity index (χ2n) is 8.02. The molecule has 0 spiro atoms. The molecule has 0 saturated carbocycles. The van der Waals surface area contributed by atoms with Crippen LogP contribution in [0.2, 0.25) is 5.28 Å². The molecule has 1 aromatic carbocycles. The third-order valence-electron chi connectivity index (χ3n) is 5.02. The third kappa shape index (κ3) is 6.97. The Labute approximate surface area is 186 Å². The quantitative estimate of drug-likeness (QED) is 0.441. The van der Waals surface area contributed by atoms with Crippen molar-refractivity contribution in [3.05, 3.63) is 45.9 Å². The first-order chi connectivity index (χ1) is 14.9. The van der Waals surface area contributed by atoms with Gasteiger partial charge in [0.05, 0.1) is 12.1 Å². The molecule has 1 aliphatic rings. The number of nitrogens with one attached hydrogen (secondary N) is 1. The Balaban J connectivity index is 1.47. The summed E-state index contributed by atoms with van der Waals surface area (Å²) in [5.74, 6) is -0.654. The van der Waals surface area contributed by atoms with E-state index in [0.717, 1.165) is 12.8 Å². The van der Waals surface area contributed by atoms with Crippen molar-refractivity contribution in [1.82, 2.24) is 14.5 Å². The van der Waals surface area contributed by atoms with Crippen molar-refractivity contribution in [3.8, 4) is 5.75 Å². The number of imidazole rings is 1. The summed E-state index contributed by atoms with van der Waals surface area (Å²) in [6.45, 7) is 3.41. The number of hydrogen-bond acceptors (Lipinski definition) is 7. The Bertz CT molecular complexity index is 928. The molecule has 1 fully saturated rings. The summed E-state index contributed by atoms with van der Waals surface area (Å²) in [5, 5.41) is 24.8. The number of nitrogens with zero attached hydrogens (tertiary/aromatic N) is 4. The number of likely N-dealkylation sites (tertiary alicyclic amines) is 1. The highest BCUT2D eigenvalue weighted by atomic mass is 35.5. The zero-order valence-corrected chi connectivity index (χ0v) is 17.9. The van der Waals surface area contributed by atoms with E-state index >= 15 is 0 Å². The average Bonchev–Trinajstić information content (AvgIpc) is 3.03. The van der Waals surface area contributed by atoms with Gasteiger partial charge >= 0.3 is 17.5 Å². The molecule has 0 bridgehead atoms. The number of piperidine rings is 1. The van der Waals surface area contributed by atoms with Gasteiger partial charge in [0.1, 0.15) is 11.9 Å². The first-order valence-corrected chi connectivity index (χ1v) is 10.2. The molecule has 0 aliphatic carbocycles. The first kappa shape index (κ1) is 24.1. The van der Waals surface area contributed by atoms with Gasteiger partial charge in [-0.15, -0.1) is 13.2 Å². The molecule has 1 atom stereocenters. The van der Waals surface area contributed by atoms with Crippen LogP contribution in [0.15, 0.2) is 30.5 Å². The number of halogens is 4. The van der Waals surface area contributed by atoms with Gasteiger partial charge in [-0.2, -0.15) is 0 Å². The molecule has 0 amide bonds. The SMILES string of the molecule is CC(O)(CN1CCC(Nc2ccc(OC(F)(F)F)cc2)CC1)Cn1cc([N+](=O)[O-])nc1Cl. The topological polar surface area (TPSA) is 106 Å². The maximum Gasteiger partial charge on any atom is 0.573 e. The van der Waals surface area contributed by atoms with Crippen LogP contribution in [0.5, 0.6) is 5.75 Å². The second-order valence-corrected chi connectivity index (χ2v) is 8.36. The van der Waals surface area contributed by atoms with Crippen LogP contribution in [0.25, 0.3) is 0 Å². The van der Waals surface area contributed by atoms with Crippen LogP contribution in [0.4, 0.5) is 24.7 Å². The number of aromatic nitrogens is 2. The maximum atomic E-state index is 12.2. The van der Waals surface area contributed by atoms with Crippen LogP contribution >= 0.6 is 11.6 Å². The number of alkyl halides is 3. The van der Waals surface area contributed by atoms with Gasteiger partial charge in [-0.05, 0) is 65.5 Å². The van der Waals surface area contributed by atoms with Crippen molar-refractivity contribution in [2.45, 2.75) is 44.3 Å². The number of aliphatic hydroxyl groups is 1. The highest BCUT2D eigenvalue weighted by molar-refractivity contribution is 6.28. The van der Waals surface area contributed by atoms with E-state index in [1.54, 1.807) is 6.92 Å². The van der Waals surface area contributed by atoms with E-state index in [0.29, 0.717) is 25.3 Å². The van der Waals surface area contributed by atoms with Gasteiger partial charge in [0.15, 0.2) is 0 Å². The van der Waals surface area contributed by atoms with E-state index in [1.165, 1.54) is 35.0 Å². The minimum Gasteiger partial charge on any atom is -0.406 e. The molecule has 1 aliphatic heterocycles. The standard InChI is InChI=1S/C19H23ClF3N5O4/c1-18(29,12-27-10-16(28(30)31)25-17(27)20)11-26-8-6-14(7-9-26)24-13-2-4-15(5-3-13)32-19(21,22)23/h2-5,10,14,24,29H,6-9,11-12H2,1H3. The van der Waals surface area contributed by atoms with Crippen LogP contribution in [0, 0.1) is 10.1 Å². The maximum absolute atomic E-state index is 12.2. The fourth-order valence-corrected chi connectivity index (χ4v) is 3.90. The smallest absolute Gasteiger partial charge is 0.406 e. The highest BCUT2D eigenvalue weighted by Gasteiger charge is 2.32. The predicted molar refractivity (Wildman–Crippen MR) is 111 cm³/mol. The van der Waals surface area contributed by atoms with Crippen molar-refractivity contribution in [1.29, 1.82) is 0 Å². The minimum absolute atomic E-state index is 0.0528. The number of β-amino-alcohol motifs (C(OH)–C–C–N with tert-alkyl or cyclic N) is 1. The Morgan fingerprint density at radius 3 is 2.44 bits per heavy atom. The number of benzene rings is 1. The van der Waals surface area contributed by atoms with E-state index in [1.807, 2.05) is 0 Å². The molecular weight excluding hydrogens is 455 g/mol. The van der Waals surface area contributed by atoms with Crippen molar-refractivity contribution in [2.75, 3.05) is 25.0 Å². The number of rotatable bonds is 8. The van der Waals surface area contributed by atoms with Crippen LogP contribution in [-0.2, 0) is 6.54 Å². The average molecular weight is 478 g/mol. The summed E-state index contributed by atoms with van der Waals surface area (Å²) in [6.07, 6.45) is -1.98. The Kier molecular flexibility index (Phi) is 7.16. The lowest BCUT2D eigenvalue weighted by Crippen LogP contribution is -2.48. The van der Waals surface area contributed by atoms with E-state index in [2.05, 4.69) is 19.9 Å². The number of hydrogen-bond donors (Lipinski definition) is 2.